The molecule has 1 heterocycles. The van der Waals surface area contributed by atoms with Crippen molar-refractivity contribution in [2.75, 3.05) is 85.3 Å². The maximum absolute atomic E-state index is 12.7. The molecule has 0 saturated carbocycles. The van der Waals surface area contributed by atoms with Gasteiger partial charge in [-0.15, -0.1) is 0 Å². The van der Waals surface area contributed by atoms with Gasteiger partial charge in [-0.25, -0.2) is 0 Å². The number of benzene rings is 1. The molecule has 1 aromatic carbocycles. The maximum atomic E-state index is 12.7. The Balaban J connectivity index is 2.00. The van der Waals surface area contributed by atoms with E-state index in [0.717, 1.165) is 0 Å². The fourth-order valence-corrected chi connectivity index (χ4v) is 4.16. The van der Waals surface area contributed by atoms with Gasteiger partial charge in [0.1, 0.15) is 11.8 Å². The number of amides is 1. The number of ether oxygens (including phenoxy) is 1. The third kappa shape index (κ3) is 13.4. The zero-order valence-electron chi connectivity index (χ0n) is 22.7. The largest absolute Gasteiger partial charge is 0.480 e. The first-order valence-corrected chi connectivity index (χ1v) is 13.0. The second-order valence-electron chi connectivity index (χ2n) is 9.56. The number of carbonyl (C=O) groups excluding carboxylic acids is 1. The van der Waals surface area contributed by atoms with E-state index in [1.807, 2.05) is 0 Å². The molecule has 0 aliphatic carbocycles. The van der Waals surface area contributed by atoms with Crippen molar-refractivity contribution in [3.63, 3.8) is 0 Å². The van der Waals surface area contributed by atoms with E-state index in [1.54, 1.807) is 19.6 Å². The number of carboxylic acids is 4. The molecule has 7 N–H and O–H groups in total. The molecule has 228 valence electrons. The first kappa shape index (κ1) is 33.4. The molecule has 0 bridgehead atoms. The highest BCUT2D eigenvalue weighted by molar-refractivity contribution is 5.78. The fraction of sp³-hybridized carbons (Fsp3) is 0.560. The summed E-state index contributed by atoms with van der Waals surface area (Å²) >= 11 is 0. The van der Waals surface area contributed by atoms with Crippen LogP contribution < -0.4 is 15.8 Å². The third-order valence-corrected chi connectivity index (χ3v) is 6.39. The predicted molar refractivity (Wildman–Crippen MR) is 143 cm³/mol. The van der Waals surface area contributed by atoms with Crippen LogP contribution in [-0.2, 0) is 24.0 Å². The van der Waals surface area contributed by atoms with Crippen LogP contribution in [0.2, 0.25) is 0 Å². The number of nitrogens with one attached hydrogen (secondary N) is 1. The Morgan fingerprint density at radius 3 is 1.39 bits per heavy atom. The van der Waals surface area contributed by atoms with Gasteiger partial charge in [-0.05, 0) is 17.7 Å². The van der Waals surface area contributed by atoms with Crippen LogP contribution in [0.1, 0.15) is 11.6 Å². The molecule has 1 aliphatic heterocycles. The molecule has 1 fully saturated rings. The van der Waals surface area contributed by atoms with Gasteiger partial charge in [-0.1, -0.05) is 12.1 Å². The Morgan fingerprint density at radius 2 is 1.05 bits per heavy atom. The van der Waals surface area contributed by atoms with Crippen LogP contribution >= 0.6 is 0 Å². The van der Waals surface area contributed by atoms with Crippen LogP contribution in [0.5, 0.6) is 5.75 Å². The molecular formula is C25H38N6O10. The lowest BCUT2D eigenvalue weighted by atomic mass is 10.1. The molecule has 0 spiro atoms. The molecule has 1 aliphatic rings. The lowest BCUT2D eigenvalue weighted by Crippen LogP contribution is -2.50. The SMILES string of the molecule is N[C@H](C(=O)O)c1ccc(OCNC(=O)CN2CCN(CC(=O)O)CCN(CC(=O)O)CCN(CC(=O)O)CC2)cc1. The maximum Gasteiger partial charge on any atom is 0.325 e. The van der Waals surface area contributed by atoms with Gasteiger partial charge >= 0.3 is 23.9 Å². The van der Waals surface area contributed by atoms with Crippen LogP contribution in [0.3, 0.4) is 0 Å². The lowest BCUT2D eigenvalue weighted by molar-refractivity contribution is -0.140. The van der Waals surface area contributed by atoms with Crippen LogP contribution in [0.15, 0.2) is 24.3 Å². The molecule has 1 atom stereocenters. The van der Waals surface area contributed by atoms with Crippen molar-refractivity contribution in [1.29, 1.82) is 0 Å². The summed E-state index contributed by atoms with van der Waals surface area (Å²) < 4.78 is 5.50. The summed E-state index contributed by atoms with van der Waals surface area (Å²) in [5, 5.41) is 39.5. The van der Waals surface area contributed by atoms with Gasteiger partial charge in [0.2, 0.25) is 5.91 Å². The monoisotopic (exact) mass is 582 g/mol. The predicted octanol–water partition coefficient (Wildman–Crippen LogP) is -2.30. The molecule has 0 aromatic heterocycles. The molecule has 0 radical (unpaired) electrons. The van der Waals surface area contributed by atoms with Crippen LogP contribution in [-0.4, -0.2) is 155 Å². The zero-order valence-corrected chi connectivity index (χ0v) is 22.7. The van der Waals surface area contributed by atoms with Gasteiger partial charge < -0.3 is 36.2 Å². The second kappa shape index (κ2) is 17.1. The van der Waals surface area contributed by atoms with Crippen molar-refractivity contribution in [2.24, 2.45) is 5.73 Å². The van der Waals surface area contributed by atoms with Gasteiger partial charge in [-0.2, -0.15) is 0 Å². The number of carboxylic acid groups (broad SMARTS) is 4. The molecule has 16 nitrogen and oxygen atoms in total. The number of nitrogens with zero attached hydrogens (tertiary/aromatic N) is 4. The molecule has 41 heavy (non-hydrogen) atoms. The summed E-state index contributed by atoms with van der Waals surface area (Å²) in [5.41, 5.74) is 5.97. The minimum Gasteiger partial charge on any atom is -0.480 e. The van der Waals surface area contributed by atoms with Crippen molar-refractivity contribution in [3.05, 3.63) is 29.8 Å². The van der Waals surface area contributed by atoms with Crippen molar-refractivity contribution < 1.29 is 49.1 Å². The quantitative estimate of drug-likeness (QED) is 0.134. The molecule has 16 heteroatoms. The number of aliphatic carboxylic acids is 4. The number of rotatable bonds is 13. The summed E-state index contributed by atoms with van der Waals surface area (Å²) in [7, 11) is 0. The summed E-state index contributed by atoms with van der Waals surface area (Å²) in [6.45, 7) is 1.35. The number of hydrogen-bond donors (Lipinski definition) is 6. The molecule has 1 amide bonds. The van der Waals surface area contributed by atoms with E-state index in [-0.39, 0.29) is 65.0 Å². The van der Waals surface area contributed by atoms with E-state index in [2.05, 4.69) is 5.32 Å². The van der Waals surface area contributed by atoms with E-state index in [9.17, 15) is 39.3 Å². The smallest absolute Gasteiger partial charge is 0.325 e. The molecule has 2 rings (SSSR count). The highest BCUT2D eigenvalue weighted by Gasteiger charge is 2.21. The summed E-state index contributed by atoms with van der Waals surface area (Å²) in [6.07, 6.45) is 0. The minimum atomic E-state index is -1.16. The van der Waals surface area contributed by atoms with E-state index in [1.165, 1.54) is 24.3 Å². The van der Waals surface area contributed by atoms with Crippen molar-refractivity contribution >= 4 is 29.8 Å². The van der Waals surface area contributed by atoms with E-state index >= 15 is 0 Å². The molecule has 1 saturated heterocycles. The molecular weight excluding hydrogens is 544 g/mol. The van der Waals surface area contributed by atoms with Crippen molar-refractivity contribution in [1.82, 2.24) is 24.9 Å². The van der Waals surface area contributed by atoms with Crippen LogP contribution in [0.25, 0.3) is 0 Å². The highest BCUT2D eigenvalue weighted by atomic mass is 16.5. The Labute approximate surface area is 236 Å². The van der Waals surface area contributed by atoms with Gasteiger partial charge in [0.15, 0.2) is 6.73 Å². The summed E-state index contributed by atoms with van der Waals surface area (Å²) in [5.74, 6) is -4.24. The highest BCUT2D eigenvalue weighted by Crippen LogP contribution is 2.16. The Kier molecular flexibility index (Phi) is 13.9. The lowest BCUT2D eigenvalue weighted by Gasteiger charge is -2.32. The Morgan fingerprint density at radius 1 is 0.683 bits per heavy atom. The molecule has 0 unspecified atom stereocenters. The van der Waals surface area contributed by atoms with Crippen LogP contribution in [0, 0.1) is 0 Å². The standard InChI is InChI=1S/C25H38N6O10/c26-24(25(39)40)18-1-3-19(4-2-18)41-17-27-20(32)13-28-5-7-29(14-21(33)34)9-11-31(16-23(37)38)12-10-30(8-6-28)15-22(35)36/h1-4,24H,5-17,26H2,(H,27,32)(H,33,34)(H,35,36)(H,37,38)(H,39,40)/t24-/m0/s1. The first-order chi connectivity index (χ1) is 19.4. The fourth-order valence-electron chi connectivity index (χ4n) is 4.16. The first-order valence-electron chi connectivity index (χ1n) is 13.0. The second-order valence-corrected chi connectivity index (χ2v) is 9.56. The van der Waals surface area contributed by atoms with Crippen LogP contribution in [0.4, 0.5) is 0 Å². The third-order valence-electron chi connectivity index (χ3n) is 6.39. The average molecular weight is 583 g/mol. The molecule has 1 aromatic rings. The average Bonchev–Trinajstić information content (AvgIpc) is 2.89. The van der Waals surface area contributed by atoms with Gasteiger partial charge in [0.05, 0.1) is 26.2 Å². The Hall–Kier alpha value is -3.83. The zero-order chi connectivity index (χ0) is 30.4. The Bertz CT molecular complexity index is 1010. The van der Waals surface area contributed by atoms with Gasteiger partial charge in [0.25, 0.3) is 0 Å². The van der Waals surface area contributed by atoms with Gasteiger partial charge in [-0.3, -0.25) is 43.6 Å². The normalized spacial score (nSPS) is 17.5. The topological polar surface area (TPSA) is 227 Å². The summed E-state index contributed by atoms with van der Waals surface area (Å²) in [6, 6.07) is 4.93. The number of carbonyl (C=O) groups is 5. The van der Waals surface area contributed by atoms with Crippen molar-refractivity contribution in [2.45, 2.75) is 6.04 Å². The van der Waals surface area contributed by atoms with E-state index < -0.39 is 29.9 Å². The summed E-state index contributed by atoms with van der Waals surface area (Å²) in [4.78, 5) is 64.5. The number of hydrogen-bond acceptors (Lipinski definition) is 11. The van der Waals surface area contributed by atoms with Crippen molar-refractivity contribution in [3.8, 4) is 5.75 Å². The van der Waals surface area contributed by atoms with Gasteiger partial charge in [0, 0.05) is 52.4 Å². The van der Waals surface area contributed by atoms with E-state index in [0.29, 0.717) is 37.5 Å². The van der Waals surface area contributed by atoms with E-state index in [4.69, 9.17) is 15.6 Å². The minimum absolute atomic E-state index is 0.0529. The number of nitrogens with two attached hydrogens (primary N) is 1.